The van der Waals surface area contributed by atoms with Crippen molar-refractivity contribution in [2.24, 2.45) is 5.73 Å². The summed E-state index contributed by atoms with van der Waals surface area (Å²) >= 11 is 0. The lowest BCUT2D eigenvalue weighted by molar-refractivity contribution is 0.100. The lowest BCUT2D eigenvalue weighted by Gasteiger charge is -2.33. The predicted octanol–water partition coefficient (Wildman–Crippen LogP) is 2.85. The molecule has 1 heterocycles. The van der Waals surface area contributed by atoms with Gasteiger partial charge in [0.15, 0.2) is 0 Å². The third-order valence-electron chi connectivity index (χ3n) is 4.71. The van der Waals surface area contributed by atoms with Crippen LogP contribution in [0.2, 0.25) is 0 Å². The van der Waals surface area contributed by atoms with Crippen molar-refractivity contribution in [3.8, 4) is 0 Å². The number of hydrogen-bond donors (Lipinski definition) is 3. The van der Waals surface area contributed by atoms with Gasteiger partial charge >= 0.3 is 6.03 Å². The molecule has 0 spiro atoms. The fourth-order valence-electron chi connectivity index (χ4n) is 3.29. The highest BCUT2D eigenvalue weighted by Crippen LogP contribution is 2.18. The number of halogens is 2. The lowest BCUT2D eigenvalue weighted by Crippen LogP contribution is -2.48. The van der Waals surface area contributed by atoms with Gasteiger partial charge in [0.1, 0.15) is 11.6 Å². The number of rotatable bonds is 5. The fourth-order valence-corrected chi connectivity index (χ4v) is 3.29. The number of nitrogens with zero attached hydrogens (tertiary/aromatic N) is 1. The standard InChI is InChI=1S/C20H22F2N4O2/c21-17-4-1-5-18(22)16(17)12-26-10-2-3-15(11-26)25-20(28)24-14-8-6-13(7-9-14)19(23)27/h1,4-9,15H,2-3,10-12H2,(H2,23,27)(H2,24,25,28). The molecule has 2 aromatic rings. The maximum atomic E-state index is 13.9. The maximum Gasteiger partial charge on any atom is 0.319 e. The maximum absolute atomic E-state index is 13.9. The first kappa shape index (κ1) is 19.8. The third kappa shape index (κ3) is 5.04. The molecule has 1 aliphatic heterocycles. The van der Waals surface area contributed by atoms with Crippen LogP contribution < -0.4 is 16.4 Å². The Labute approximate surface area is 161 Å². The van der Waals surface area contributed by atoms with Crippen molar-refractivity contribution in [3.63, 3.8) is 0 Å². The number of primary amides is 1. The molecule has 28 heavy (non-hydrogen) atoms. The molecule has 1 saturated heterocycles. The van der Waals surface area contributed by atoms with Crippen molar-refractivity contribution < 1.29 is 18.4 Å². The van der Waals surface area contributed by atoms with Crippen LogP contribution in [0.1, 0.15) is 28.8 Å². The summed E-state index contributed by atoms with van der Waals surface area (Å²) < 4.78 is 27.7. The molecule has 3 amide bonds. The smallest absolute Gasteiger partial charge is 0.319 e. The number of urea groups is 1. The van der Waals surface area contributed by atoms with Crippen molar-refractivity contribution in [3.05, 3.63) is 65.2 Å². The molecule has 0 aliphatic carbocycles. The number of amides is 3. The molecule has 4 N–H and O–H groups in total. The summed E-state index contributed by atoms with van der Waals surface area (Å²) in [6.45, 7) is 1.37. The average Bonchev–Trinajstić information content (AvgIpc) is 2.65. The summed E-state index contributed by atoms with van der Waals surface area (Å²) in [7, 11) is 0. The molecule has 0 radical (unpaired) electrons. The molecule has 3 rings (SSSR count). The van der Waals surface area contributed by atoms with Gasteiger partial charge in [-0.25, -0.2) is 13.6 Å². The van der Waals surface area contributed by atoms with Crippen molar-refractivity contribution >= 4 is 17.6 Å². The van der Waals surface area contributed by atoms with E-state index >= 15 is 0 Å². The van der Waals surface area contributed by atoms with Crippen molar-refractivity contribution in [1.82, 2.24) is 10.2 Å². The second-order valence-electron chi connectivity index (χ2n) is 6.81. The van der Waals surface area contributed by atoms with E-state index in [1.807, 2.05) is 4.90 Å². The average molecular weight is 388 g/mol. The van der Waals surface area contributed by atoms with Crippen LogP contribution in [0, 0.1) is 11.6 Å². The summed E-state index contributed by atoms with van der Waals surface area (Å²) in [5.41, 5.74) is 6.12. The SMILES string of the molecule is NC(=O)c1ccc(NC(=O)NC2CCCN(Cc3c(F)cccc3F)C2)cc1. The van der Waals surface area contributed by atoms with Gasteiger partial charge in [-0.1, -0.05) is 6.07 Å². The van der Waals surface area contributed by atoms with E-state index in [9.17, 15) is 18.4 Å². The number of benzene rings is 2. The number of hydrogen-bond acceptors (Lipinski definition) is 3. The molecule has 2 aromatic carbocycles. The van der Waals surface area contributed by atoms with Crippen LogP contribution in [0.5, 0.6) is 0 Å². The van der Waals surface area contributed by atoms with E-state index < -0.39 is 17.5 Å². The Kier molecular flexibility index (Phi) is 6.20. The van der Waals surface area contributed by atoms with Gasteiger partial charge in [-0.3, -0.25) is 9.69 Å². The normalized spacial score (nSPS) is 17.1. The monoisotopic (exact) mass is 388 g/mol. The van der Waals surface area contributed by atoms with Crippen LogP contribution in [-0.2, 0) is 6.54 Å². The van der Waals surface area contributed by atoms with Gasteiger partial charge in [0.2, 0.25) is 5.91 Å². The summed E-state index contributed by atoms with van der Waals surface area (Å²) in [5, 5.41) is 5.58. The Balaban J connectivity index is 1.54. The first-order valence-electron chi connectivity index (χ1n) is 9.05. The van der Waals surface area contributed by atoms with Gasteiger partial charge in [0.25, 0.3) is 0 Å². The van der Waals surface area contributed by atoms with Crippen LogP contribution in [0.3, 0.4) is 0 Å². The van der Waals surface area contributed by atoms with Crippen molar-refractivity contribution in [2.75, 3.05) is 18.4 Å². The molecule has 1 atom stereocenters. The fraction of sp³-hybridized carbons (Fsp3) is 0.300. The number of carbonyl (C=O) groups is 2. The van der Waals surface area contributed by atoms with E-state index in [1.165, 1.54) is 30.3 Å². The second-order valence-corrected chi connectivity index (χ2v) is 6.81. The van der Waals surface area contributed by atoms with Gasteiger partial charge in [-0.15, -0.1) is 0 Å². The number of piperidine rings is 1. The topological polar surface area (TPSA) is 87.5 Å². The quantitative estimate of drug-likeness (QED) is 0.736. The summed E-state index contributed by atoms with van der Waals surface area (Å²) in [5.74, 6) is -1.66. The van der Waals surface area contributed by atoms with Gasteiger partial charge in [-0.2, -0.15) is 0 Å². The first-order chi connectivity index (χ1) is 13.4. The minimum Gasteiger partial charge on any atom is -0.366 e. The van der Waals surface area contributed by atoms with Crippen LogP contribution in [0.15, 0.2) is 42.5 Å². The highest BCUT2D eigenvalue weighted by Gasteiger charge is 2.23. The van der Waals surface area contributed by atoms with Crippen LogP contribution in [0.4, 0.5) is 19.3 Å². The van der Waals surface area contributed by atoms with E-state index in [1.54, 1.807) is 12.1 Å². The highest BCUT2D eigenvalue weighted by atomic mass is 19.1. The van der Waals surface area contributed by atoms with E-state index in [-0.39, 0.29) is 24.2 Å². The molecular weight excluding hydrogens is 366 g/mol. The number of nitrogens with two attached hydrogens (primary N) is 1. The zero-order chi connectivity index (χ0) is 20.1. The zero-order valence-corrected chi connectivity index (χ0v) is 15.3. The summed E-state index contributed by atoms with van der Waals surface area (Å²) in [6, 6.07) is 9.57. The Bertz CT molecular complexity index is 838. The van der Waals surface area contributed by atoms with E-state index in [0.29, 0.717) is 24.3 Å². The predicted molar refractivity (Wildman–Crippen MR) is 102 cm³/mol. The van der Waals surface area contributed by atoms with Crippen molar-refractivity contribution in [2.45, 2.75) is 25.4 Å². The second kappa shape index (κ2) is 8.79. The number of anilines is 1. The minimum absolute atomic E-state index is 0.0437. The highest BCUT2D eigenvalue weighted by molar-refractivity contribution is 5.94. The Morgan fingerprint density at radius 3 is 2.43 bits per heavy atom. The van der Waals surface area contributed by atoms with Gasteiger partial charge in [-0.05, 0) is 55.8 Å². The van der Waals surface area contributed by atoms with Crippen molar-refractivity contribution in [1.29, 1.82) is 0 Å². The number of carbonyl (C=O) groups excluding carboxylic acids is 2. The van der Waals surface area contributed by atoms with E-state index in [0.717, 1.165) is 12.8 Å². The molecule has 8 heteroatoms. The van der Waals surface area contributed by atoms with Crippen LogP contribution >= 0.6 is 0 Å². The molecule has 148 valence electrons. The molecule has 0 bridgehead atoms. The molecule has 1 fully saturated rings. The van der Waals surface area contributed by atoms with E-state index in [2.05, 4.69) is 10.6 Å². The minimum atomic E-state index is -0.563. The molecule has 0 saturated carbocycles. The third-order valence-corrected chi connectivity index (χ3v) is 4.71. The number of likely N-dealkylation sites (tertiary alicyclic amines) is 1. The largest absolute Gasteiger partial charge is 0.366 e. The molecule has 6 nitrogen and oxygen atoms in total. The summed E-state index contributed by atoms with van der Waals surface area (Å²) in [6.07, 6.45) is 1.60. The lowest BCUT2D eigenvalue weighted by atomic mass is 10.0. The Hall–Kier alpha value is -3.00. The molecule has 0 aromatic heterocycles. The first-order valence-corrected chi connectivity index (χ1v) is 9.05. The molecular formula is C20H22F2N4O2. The number of nitrogens with one attached hydrogen (secondary N) is 2. The van der Waals surface area contributed by atoms with Gasteiger partial charge in [0, 0.05) is 35.9 Å². The van der Waals surface area contributed by atoms with Gasteiger partial charge < -0.3 is 16.4 Å². The summed E-state index contributed by atoms with van der Waals surface area (Å²) in [4.78, 5) is 25.2. The van der Waals surface area contributed by atoms with Crippen LogP contribution in [0.25, 0.3) is 0 Å². The molecule has 1 aliphatic rings. The molecule has 1 unspecified atom stereocenters. The van der Waals surface area contributed by atoms with Crippen LogP contribution in [-0.4, -0.2) is 36.0 Å². The van der Waals surface area contributed by atoms with Gasteiger partial charge in [0.05, 0.1) is 0 Å². The Morgan fingerprint density at radius 2 is 1.79 bits per heavy atom. The van der Waals surface area contributed by atoms with E-state index in [4.69, 9.17) is 5.73 Å². The zero-order valence-electron chi connectivity index (χ0n) is 15.3. The Morgan fingerprint density at radius 1 is 1.11 bits per heavy atom.